The van der Waals surface area contributed by atoms with Crippen molar-refractivity contribution in [3.05, 3.63) is 40.2 Å². The summed E-state index contributed by atoms with van der Waals surface area (Å²) in [6.45, 7) is 0. The molecular formula is C13H13NO3S. The topological polar surface area (TPSA) is 63.3 Å². The molecule has 2 aromatic heterocycles. The molecule has 1 aliphatic carbocycles. The Bertz CT molecular complexity index is 555. The van der Waals surface area contributed by atoms with Gasteiger partial charge in [-0.1, -0.05) is 0 Å². The van der Waals surface area contributed by atoms with Gasteiger partial charge in [0.15, 0.2) is 0 Å². The zero-order chi connectivity index (χ0) is 12.6. The number of carbonyl (C=O) groups is 1. The second-order valence-electron chi connectivity index (χ2n) is 4.59. The van der Waals surface area contributed by atoms with Crippen LogP contribution in [0.4, 0.5) is 0 Å². The molecule has 18 heavy (non-hydrogen) atoms. The lowest BCUT2D eigenvalue weighted by molar-refractivity contribution is -0.140. The van der Waals surface area contributed by atoms with Crippen molar-refractivity contribution in [3.63, 3.8) is 0 Å². The van der Waals surface area contributed by atoms with Gasteiger partial charge in [0, 0.05) is 18.2 Å². The Morgan fingerprint density at radius 2 is 2.33 bits per heavy atom. The third-order valence-electron chi connectivity index (χ3n) is 3.37. The number of nitrogens with zero attached hydrogens (tertiary/aromatic N) is 1. The van der Waals surface area contributed by atoms with E-state index in [2.05, 4.69) is 4.98 Å². The summed E-state index contributed by atoms with van der Waals surface area (Å²) < 4.78 is 5.26. The summed E-state index contributed by atoms with van der Waals surface area (Å²) in [6.07, 6.45) is 4.69. The maximum Gasteiger partial charge on any atom is 0.315 e. The highest BCUT2D eigenvalue weighted by Gasteiger charge is 2.53. The van der Waals surface area contributed by atoms with Gasteiger partial charge in [0.25, 0.3) is 0 Å². The minimum atomic E-state index is -0.745. The van der Waals surface area contributed by atoms with Crippen LogP contribution >= 0.6 is 11.3 Å². The van der Waals surface area contributed by atoms with E-state index >= 15 is 0 Å². The highest BCUT2D eigenvalue weighted by Crippen LogP contribution is 2.48. The molecule has 0 bridgehead atoms. The number of hydrogen-bond donors (Lipinski definition) is 1. The largest absolute Gasteiger partial charge is 0.481 e. The van der Waals surface area contributed by atoms with Crippen LogP contribution in [0.1, 0.15) is 29.3 Å². The molecule has 0 atom stereocenters. The lowest BCUT2D eigenvalue weighted by Gasteiger charge is -2.04. The summed E-state index contributed by atoms with van der Waals surface area (Å²) >= 11 is 1.54. The Morgan fingerprint density at radius 3 is 2.94 bits per heavy atom. The lowest BCUT2D eigenvalue weighted by atomic mass is 10.0. The van der Waals surface area contributed by atoms with E-state index in [-0.39, 0.29) is 0 Å². The molecule has 1 N–H and O–H groups in total. The number of hydrogen-bond acceptors (Lipinski definition) is 4. The fourth-order valence-electron chi connectivity index (χ4n) is 2.04. The maximum absolute atomic E-state index is 11.2. The van der Waals surface area contributed by atoms with Gasteiger partial charge in [-0.05, 0) is 25.0 Å². The van der Waals surface area contributed by atoms with Crippen molar-refractivity contribution in [2.75, 3.05) is 0 Å². The molecule has 2 aromatic rings. The van der Waals surface area contributed by atoms with Crippen LogP contribution in [0.15, 0.2) is 28.2 Å². The van der Waals surface area contributed by atoms with Crippen LogP contribution < -0.4 is 0 Å². The van der Waals surface area contributed by atoms with Crippen molar-refractivity contribution in [1.29, 1.82) is 0 Å². The van der Waals surface area contributed by atoms with Crippen LogP contribution in [0.25, 0.3) is 0 Å². The third-order valence-corrected chi connectivity index (χ3v) is 4.28. The molecule has 0 saturated heterocycles. The quantitative estimate of drug-likeness (QED) is 0.900. The Kier molecular flexibility index (Phi) is 2.70. The summed E-state index contributed by atoms with van der Waals surface area (Å²) in [6, 6.07) is 3.81. The van der Waals surface area contributed by atoms with Gasteiger partial charge in [-0.15, -0.1) is 11.3 Å². The van der Waals surface area contributed by atoms with E-state index in [1.54, 1.807) is 6.26 Å². The van der Waals surface area contributed by atoms with E-state index in [4.69, 9.17) is 4.42 Å². The van der Waals surface area contributed by atoms with Crippen molar-refractivity contribution in [3.8, 4) is 0 Å². The fourth-order valence-corrected chi connectivity index (χ4v) is 2.93. The highest BCUT2D eigenvalue weighted by molar-refractivity contribution is 7.09. The standard InChI is InChI=1S/C13H13NO3S/c15-12(16)13(5-6-13)10-8-18-11(14-10)4-3-9-2-1-7-17-9/h1-2,7-8H,3-6H2,(H,15,16). The molecule has 2 heterocycles. The molecule has 0 aliphatic heterocycles. The Morgan fingerprint density at radius 1 is 1.50 bits per heavy atom. The van der Waals surface area contributed by atoms with Crippen LogP contribution in [0.5, 0.6) is 0 Å². The molecule has 1 saturated carbocycles. The summed E-state index contributed by atoms with van der Waals surface area (Å²) in [5, 5.41) is 12.1. The smallest absolute Gasteiger partial charge is 0.315 e. The summed E-state index contributed by atoms with van der Waals surface area (Å²) in [4.78, 5) is 15.6. The molecule has 5 heteroatoms. The second-order valence-corrected chi connectivity index (χ2v) is 5.54. The van der Waals surface area contributed by atoms with Gasteiger partial charge in [0.2, 0.25) is 0 Å². The summed E-state index contributed by atoms with van der Waals surface area (Å²) in [5.41, 5.74) is 0.0498. The highest BCUT2D eigenvalue weighted by atomic mass is 32.1. The van der Waals surface area contributed by atoms with Crippen LogP contribution in [0.3, 0.4) is 0 Å². The fraction of sp³-hybridized carbons (Fsp3) is 0.385. The lowest BCUT2D eigenvalue weighted by Crippen LogP contribution is -2.19. The van der Waals surface area contributed by atoms with Gasteiger partial charge >= 0.3 is 5.97 Å². The van der Waals surface area contributed by atoms with Crippen molar-refractivity contribution in [2.45, 2.75) is 31.1 Å². The number of thiazole rings is 1. The van der Waals surface area contributed by atoms with Crippen molar-refractivity contribution >= 4 is 17.3 Å². The van der Waals surface area contributed by atoms with E-state index in [0.717, 1.165) is 29.3 Å². The first-order chi connectivity index (χ1) is 8.71. The first kappa shape index (κ1) is 11.5. The van der Waals surface area contributed by atoms with E-state index in [1.165, 1.54) is 11.3 Å². The normalized spacial score (nSPS) is 16.7. The maximum atomic E-state index is 11.2. The zero-order valence-electron chi connectivity index (χ0n) is 9.76. The third kappa shape index (κ3) is 1.95. The van der Waals surface area contributed by atoms with Gasteiger partial charge in [-0.25, -0.2) is 4.98 Å². The number of carboxylic acid groups (broad SMARTS) is 1. The molecule has 1 fully saturated rings. The van der Waals surface area contributed by atoms with Gasteiger partial charge in [-0.3, -0.25) is 4.79 Å². The van der Waals surface area contributed by atoms with Crippen molar-refractivity contribution in [1.82, 2.24) is 4.98 Å². The summed E-state index contributed by atoms with van der Waals surface area (Å²) in [7, 11) is 0. The van der Waals surface area contributed by atoms with Crippen LogP contribution in [0.2, 0.25) is 0 Å². The minimum Gasteiger partial charge on any atom is -0.481 e. The van der Waals surface area contributed by atoms with E-state index in [9.17, 15) is 9.90 Å². The van der Waals surface area contributed by atoms with Crippen molar-refractivity contribution < 1.29 is 14.3 Å². The van der Waals surface area contributed by atoms with Crippen LogP contribution in [0, 0.1) is 0 Å². The number of aromatic nitrogens is 1. The molecule has 94 valence electrons. The molecule has 3 rings (SSSR count). The Hall–Kier alpha value is -1.62. The van der Waals surface area contributed by atoms with Gasteiger partial charge in [0.1, 0.15) is 11.2 Å². The van der Waals surface area contributed by atoms with Gasteiger partial charge in [0.05, 0.1) is 17.0 Å². The molecular weight excluding hydrogens is 250 g/mol. The predicted octanol–water partition coefficient (Wildman–Crippen LogP) is 2.64. The average Bonchev–Trinajstić information content (AvgIpc) is 2.81. The predicted molar refractivity (Wildman–Crippen MR) is 66.8 cm³/mol. The minimum absolute atomic E-state index is 0.681. The number of rotatable bonds is 5. The average molecular weight is 263 g/mol. The van der Waals surface area contributed by atoms with E-state index < -0.39 is 11.4 Å². The van der Waals surface area contributed by atoms with Crippen molar-refractivity contribution in [2.24, 2.45) is 0 Å². The first-order valence-corrected chi connectivity index (χ1v) is 6.79. The number of aryl methyl sites for hydroxylation is 2. The molecule has 4 nitrogen and oxygen atoms in total. The number of aliphatic carboxylic acids is 1. The molecule has 0 unspecified atom stereocenters. The Balaban J connectivity index is 1.69. The first-order valence-electron chi connectivity index (χ1n) is 5.91. The monoisotopic (exact) mass is 263 g/mol. The molecule has 0 aromatic carbocycles. The van der Waals surface area contributed by atoms with Crippen LogP contribution in [-0.2, 0) is 23.1 Å². The molecule has 0 amide bonds. The SMILES string of the molecule is O=C(O)C1(c2csc(CCc3ccco3)n2)CC1. The molecule has 1 aliphatic rings. The Labute approximate surface area is 108 Å². The summed E-state index contributed by atoms with van der Waals surface area (Å²) in [5.74, 6) is 0.191. The van der Waals surface area contributed by atoms with E-state index in [0.29, 0.717) is 12.8 Å². The van der Waals surface area contributed by atoms with Gasteiger partial charge in [-0.2, -0.15) is 0 Å². The molecule has 0 spiro atoms. The number of carboxylic acids is 1. The number of furan rings is 1. The molecule has 0 radical (unpaired) electrons. The van der Waals surface area contributed by atoms with E-state index in [1.807, 2.05) is 17.5 Å². The second kappa shape index (κ2) is 4.24. The zero-order valence-corrected chi connectivity index (χ0v) is 10.6. The van der Waals surface area contributed by atoms with Gasteiger partial charge < -0.3 is 9.52 Å². The van der Waals surface area contributed by atoms with Crippen LogP contribution in [-0.4, -0.2) is 16.1 Å².